The molecular weight excluding hydrogens is 520 g/mol. The zero-order valence-electron chi connectivity index (χ0n) is 24.3. The Kier molecular flexibility index (Phi) is 6.66. The summed E-state index contributed by atoms with van der Waals surface area (Å²) in [6.07, 6.45) is 13.6. The van der Waals surface area contributed by atoms with Crippen LogP contribution >= 0.6 is 0 Å². The maximum Gasteiger partial charge on any atom is 0.248 e. The Bertz CT molecular complexity index is 1590. The van der Waals surface area contributed by atoms with Crippen molar-refractivity contribution in [2.75, 3.05) is 24.1 Å². The number of nitrogens with zero attached hydrogens (tertiary/aromatic N) is 6. The fourth-order valence-electron chi connectivity index (χ4n) is 7.02. The highest BCUT2D eigenvalue weighted by Crippen LogP contribution is 2.37. The third-order valence-corrected chi connectivity index (χ3v) is 9.73. The predicted molar refractivity (Wildman–Crippen MR) is 166 cm³/mol. The summed E-state index contributed by atoms with van der Waals surface area (Å²) in [6, 6.07) is 18.0. The number of aromatic nitrogens is 5. The van der Waals surface area contributed by atoms with E-state index in [4.69, 9.17) is 5.73 Å². The van der Waals surface area contributed by atoms with E-state index in [-0.39, 0.29) is 0 Å². The van der Waals surface area contributed by atoms with Gasteiger partial charge in [0.05, 0.1) is 5.69 Å². The summed E-state index contributed by atoms with van der Waals surface area (Å²) in [6.45, 7) is 2.64. The molecule has 4 aliphatic rings. The lowest BCUT2D eigenvalue weighted by molar-refractivity contribution is 0.165. The van der Waals surface area contributed by atoms with Crippen LogP contribution in [0.25, 0.3) is 17.1 Å². The molecule has 0 spiro atoms. The van der Waals surface area contributed by atoms with E-state index in [2.05, 4.69) is 79.0 Å². The Morgan fingerprint density at radius 2 is 1.55 bits per heavy atom. The summed E-state index contributed by atoms with van der Waals surface area (Å²) in [7, 11) is 0. The van der Waals surface area contributed by atoms with Crippen molar-refractivity contribution in [3.63, 3.8) is 0 Å². The molecule has 8 nitrogen and oxygen atoms in total. The number of hydrogen-bond donors (Lipinski definition) is 2. The van der Waals surface area contributed by atoms with Gasteiger partial charge < -0.3 is 11.1 Å². The van der Waals surface area contributed by atoms with Crippen LogP contribution in [0.5, 0.6) is 0 Å². The van der Waals surface area contributed by atoms with Gasteiger partial charge in [-0.2, -0.15) is 9.67 Å². The van der Waals surface area contributed by atoms with E-state index < -0.39 is 0 Å². The van der Waals surface area contributed by atoms with Crippen LogP contribution in [-0.2, 0) is 25.7 Å². The number of benzene rings is 2. The summed E-state index contributed by atoms with van der Waals surface area (Å²) in [5.74, 6) is 3.28. The van der Waals surface area contributed by atoms with E-state index in [1.807, 2.05) is 0 Å². The van der Waals surface area contributed by atoms with Gasteiger partial charge in [-0.05, 0) is 123 Å². The molecule has 8 rings (SSSR count). The number of fused-ring (bicyclic) bond motifs is 4. The molecule has 1 atom stereocenters. The normalized spacial score (nSPS) is 19.9. The van der Waals surface area contributed by atoms with Gasteiger partial charge in [-0.1, -0.05) is 30.3 Å². The second-order valence-electron chi connectivity index (χ2n) is 13.0. The van der Waals surface area contributed by atoms with Gasteiger partial charge in [-0.3, -0.25) is 4.90 Å². The minimum atomic E-state index is 0.296. The van der Waals surface area contributed by atoms with Gasteiger partial charge in [0.2, 0.25) is 11.9 Å². The average molecular weight is 561 g/mol. The molecular formula is C34H40N8. The molecule has 216 valence electrons. The lowest BCUT2D eigenvalue weighted by Crippen LogP contribution is -2.38. The van der Waals surface area contributed by atoms with Crippen LogP contribution in [0, 0.1) is 11.8 Å². The first-order chi connectivity index (χ1) is 20.7. The molecule has 0 amide bonds. The van der Waals surface area contributed by atoms with Crippen molar-refractivity contribution in [2.45, 2.75) is 76.7 Å². The largest absolute Gasteiger partial charge is 0.368 e. The van der Waals surface area contributed by atoms with Crippen molar-refractivity contribution < 1.29 is 0 Å². The number of nitrogens with one attached hydrogen (secondary N) is 1. The molecule has 4 aliphatic carbocycles. The van der Waals surface area contributed by atoms with E-state index in [9.17, 15) is 0 Å². The monoisotopic (exact) mass is 560 g/mol. The van der Waals surface area contributed by atoms with Crippen molar-refractivity contribution >= 4 is 17.6 Å². The first kappa shape index (κ1) is 25.9. The standard InChI is InChI=1S/C34H40N8/c35-33-37-34(40-42(33)31-19-27-6-3-5-25-4-1-2-7-30(25)32(27)39-38-31)36-28-15-12-24-13-16-29(17-14-26(24)18-28)41(20-22-8-9-22)21-23-10-11-23/h1-2,4,7,12,15,18-19,22-23,29H,3,5-6,8-11,13-14,16-17,20-21H2,(H3,35,36,37,40)/t29-/m0/s1. The molecule has 2 fully saturated rings. The Morgan fingerprint density at radius 3 is 2.36 bits per heavy atom. The van der Waals surface area contributed by atoms with Gasteiger partial charge in [0.15, 0.2) is 5.82 Å². The number of nitrogen functional groups attached to an aromatic ring is 1. The number of rotatable bonds is 8. The van der Waals surface area contributed by atoms with E-state index in [1.165, 1.54) is 79.4 Å². The van der Waals surface area contributed by atoms with Gasteiger partial charge in [-0.15, -0.1) is 15.3 Å². The lowest BCUT2D eigenvalue weighted by Gasteiger charge is -2.31. The zero-order chi connectivity index (χ0) is 28.0. The van der Waals surface area contributed by atoms with Gasteiger partial charge in [0, 0.05) is 30.4 Å². The molecule has 0 aliphatic heterocycles. The SMILES string of the molecule is Nc1nc(Nc2ccc3c(c2)CC[C@@H](N(CC2CC2)CC2CC2)CC3)nn1-c1cc2c(nn1)-c1ccccc1CCC2. The van der Waals surface area contributed by atoms with E-state index in [1.54, 1.807) is 4.68 Å². The van der Waals surface area contributed by atoms with Crippen LogP contribution in [-0.4, -0.2) is 49.0 Å². The first-order valence-electron chi connectivity index (χ1n) is 16.0. The summed E-state index contributed by atoms with van der Waals surface area (Å²) >= 11 is 0. The van der Waals surface area contributed by atoms with Crippen molar-refractivity contribution in [2.24, 2.45) is 11.8 Å². The maximum absolute atomic E-state index is 6.34. The predicted octanol–water partition coefficient (Wildman–Crippen LogP) is 5.91. The van der Waals surface area contributed by atoms with E-state index >= 15 is 0 Å². The zero-order valence-corrected chi connectivity index (χ0v) is 24.3. The van der Waals surface area contributed by atoms with Gasteiger partial charge >= 0.3 is 0 Å². The topological polar surface area (TPSA) is 97.8 Å². The number of aryl methyl sites for hydroxylation is 4. The van der Waals surface area contributed by atoms with Crippen LogP contribution in [0.4, 0.5) is 17.6 Å². The second kappa shape index (κ2) is 10.8. The van der Waals surface area contributed by atoms with Crippen LogP contribution in [0.2, 0.25) is 0 Å². The quantitative estimate of drug-likeness (QED) is 0.259. The van der Waals surface area contributed by atoms with Gasteiger partial charge in [0.25, 0.3) is 0 Å². The molecule has 2 saturated carbocycles. The Morgan fingerprint density at radius 1 is 0.786 bits per heavy atom. The molecule has 2 heterocycles. The summed E-state index contributed by atoms with van der Waals surface area (Å²) in [5, 5.41) is 17.2. The highest BCUT2D eigenvalue weighted by molar-refractivity contribution is 5.68. The van der Waals surface area contributed by atoms with Crippen LogP contribution < -0.4 is 11.1 Å². The Balaban J connectivity index is 0.982. The average Bonchev–Trinajstić information content (AvgIpc) is 3.92. The maximum atomic E-state index is 6.34. The van der Waals surface area contributed by atoms with Gasteiger partial charge in [-0.25, -0.2) is 0 Å². The minimum Gasteiger partial charge on any atom is -0.368 e. The molecule has 0 radical (unpaired) electrons. The fraction of sp³-hybridized carbons (Fsp3) is 0.471. The van der Waals surface area contributed by atoms with Crippen LogP contribution in [0.15, 0.2) is 48.5 Å². The molecule has 2 aromatic heterocycles. The first-order valence-corrected chi connectivity index (χ1v) is 16.0. The third-order valence-electron chi connectivity index (χ3n) is 9.73. The molecule has 42 heavy (non-hydrogen) atoms. The van der Waals surface area contributed by atoms with Crippen molar-refractivity contribution in [1.29, 1.82) is 0 Å². The summed E-state index contributed by atoms with van der Waals surface area (Å²) in [4.78, 5) is 7.39. The van der Waals surface area contributed by atoms with Crippen molar-refractivity contribution in [1.82, 2.24) is 29.9 Å². The molecule has 8 heteroatoms. The van der Waals surface area contributed by atoms with Crippen molar-refractivity contribution in [3.8, 4) is 17.1 Å². The van der Waals surface area contributed by atoms with Gasteiger partial charge in [0.1, 0.15) is 0 Å². The second-order valence-corrected chi connectivity index (χ2v) is 13.0. The molecule has 0 saturated heterocycles. The van der Waals surface area contributed by atoms with Crippen molar-refractivity contribution in [3.05, 3.63) is 70.8 Å². The highest BCUT2D eigenvalue weighted by atomic mass is 15.4. The Hall–Kier alpha value is -3.78. The fourth-order valence-corrected chi connectivity index (χ4v) is 7.02. The lowest BCUT2D eigenvalue weighted by atomic mass is 10.0. The highest BCUT2D eigenvalue weighted by Gasteiger charge is 2.33. The number of nitrogens with two attached hydrogens (primary N) is 1. The summed E-state index contributed by atoms with van der Waals surface area (Å²) < 4.78 is 1.59. The third kappa shape index (κ3) is 5.40. The smallest absolute Gasteiger partial charge is 0.248 e. The summed E-state index contributed by atoms with van der Waals surface area (Å²) in [5.41, 5.74) is 14.9. The molecule has 3 N–H and O–H groups in total. The number of hydrogen-bond acceptors (Lipinski definition) is 7. The van der Waals surface area contributed by atoms with E-state index in [0.717, 1.165) is 55.3 Å². The number of anilines is 3. The van der Waals surface area contributed by atoms with E-state index in [0.29, 0.717) is 23.8 Å². The minimum absolute atomic E-state index is 0.296. The Labute approximate surface area is 247 Å². The molecule has 2 aromatic carbocycles. The molecule has 4 aromatic rings. The van der Waals surface area contributed by atoms with Crippen LogP contribution in [0.1, 0.15) is 67.2 Å². The molecule has 0 unspecified atom stereocenters. The molecule has 0 bridgehead atoms. The van der Waals surface area contributed by atoms with Crippen LogP contribution in [0.3, 0.4) is 0 Å².